The minimum Gasteiger partial charge on any atom is -0.489 e. The van der Waals surface area contributed by atoms with Gasteiger partial charge in [-0.25, -0.2) is 9.37 Å². The average Bonchev–Trinajstić information content (AvgIpc) is 3.58. The third-order valence-corrected chi connectivity index (χ3v) is 7.03. The van der Waals surface area contributed by atoms with Crippen molar-refractivity contribution in [3.05, 3.63) is 41.8 Å². The topological polar surface area (TPSA) is 145 Å². The van der Waals surface area contributed by atoms with Crippen molar-refractivity contribution in [3.63, 3.8) is 0 Å². The van der Waals surface area contributed by atoms with Crippen LogP contribution in [-0.2, 0) is 16.0 Å². The molecule has 1 aromatic heterocycles. The van der Waals surface area contributed by atoms with Crippen LogP contribution in [0.3, 0.4) is 0 Å². The fourth-order valence-electron chi connectivity index (χ4n) is 4.56. The minimum atomic E-state index is -3.07. The first kappa shape index (κ1) is 30.3. The zero-order valence-electron chi connectivity index (χ0n) is 21.2. The largest absolute Gasteiger partial charge is 0.489 e. The molecule has 1 saturated carbocycles. The van der Waals surface area contributed by atoms with Crippen molar-refractivity contribution in [1.82, 2.24) is 4.98 Å². The molecule has 2 aromatic rings. The summed E-state index contributed by atoms with van der Waals surface area (Å²) >= 11 is 0. The third kappa shape index (κ3) is 6.01. The molecule has 2 aliphatic rings. The molecule has 2 aliphatic carbocycles. The van der Waals surface area contributed by atoms with Gasteiger partial charge in [0.15, 0.2) is 11.5 Å². The van der Waals surface area contributed by atoms with Crippen molar-refractivity contribution in [3.8, 4) is 23.0 Å². The van der Waals surface area contributed by atoms with Gasteiger partial charge in [0.2, 0.25) is 5.89 Å². The highest BCUT2D eigenvalue weighted by Gasteiger charge is 2.58. The Bertz CT molecular complexity index is 1250. The first-order valence-corrected chi connectivity index (χ1v) is 12.1. The molecule has 4 rings (SSSR count). The van der Waals surface area contributed by atoms with Crippen molar-refractivity contribution in [2.24, 2.45) is 22.5 Å². The molecule has 9 nitrogen and oxygen atoms in total. The Balaban J connectivity index is 0.00000420. The SMILES string of the molecule is CC(N)c1oc(-c2ccc(OC(F)F)c(OCC3CC3)c2)nc1C[C@@]1(C(=O)O)C=CCC(C)(C(=O)O)C1F.Cl. The number of alkyl halides is 3. The summed E-state index contributed by atoms with van der Waals surface area (Å²) < 4.78 is 57.6. The highest BCUT2D eigenvalue weighted by atomic mass is 35.5. The number of carboxylic acid groups (broad SMARTS) is 2. The molecule has 0 bridgehead atoms. The lowest BCUT2D eigenvalue weighted by molar-refractivity contribution is -0.164. The Morgan fingerprint density at radius 3 is 2.49 bits per heavy atom. The summed E-state index contributed by atoms with van der Waals surface area (Å²) in [7, 11) is 0. The first-order valence-electron chi connectivity index (χ1n) is 12.1. The molecule has 3 unspecified atom stereocenters. The lowest BCUT2D eigenvalue weighted by Gasteiger charge is -2.41. The number of ether oxygens (including phenoxy) is 2. The Hall–Kier alpha value is -3.25. The molecule has 1 heterocycles. The maximum Gasteiger partial charge on any atom is 0.387 e. The minimum absolute atomic E-state index is 0. The van der Waals surface area contributed by atoms with Gasteiger partial charge < -0.3 is 29.8 Å². The number of allylic oxidation sites excluding steroid dienone is 1. The number of halogens is 4. The standard InChI is InChI=1S/C26H29F3N2O7.ClH/c1-13(30)19-16(11-26(23(34)35)9-3-8-25(2,21(26)27)22(32)33)31-20(38-19)15-6-7-17(37-24(28)29)18(10-15)36-12-14-4-5-14;/h3,6-7,9-10,13-14,21,24H,4-5,8,11-12,30H2,1-2H3,(H,32,33)(H,34,35);1H/t13?,21?,25?,26-;/m0./s1. The molecular formula is C26H30ClF3N2O7. The maximum atomic E-state index is 15.8. The number of aliphatic carboxylic acids is 2. The molecule has 0 saturated heterocycles. The fourth-order valence-corrected chi connectivity index (χ4v) is 4.56. The van der Waals surface area contributed by atoms with Crippen LogP contribution in [0.15, 0.2) is 34.8 Å². The number of benzene rings is 1. The van der Waals surface area contributed by atoms with Crippen molar-refractivity contribution in [1.29, 1.82) is 0 Å². The smallest absolute Gasteiger partial charge is 0.387 e. The Morgan fingerprint density at radius 2 is 1.92 bits per heavy atom. The summed E-state index contributed by atoms with van der Waals surface area (Å²) in [6.07, 6.45) is 1.45. The van der Waals surface area contributed by atoms with Crippen LogP contribution >= 0.6 is 12.4 Å². The predicted molar refractivity (Wildman–Crippen MR) is 135 cm³/mol. The molecule has 0 radical (unpaired) electrons. The number of aromatic nitrogens is 1. The number of carbonyl (C=O) groups is 2. The molecule has 13 heteroatoms. The van der Waals surface area contributed by atoms with Crippen molar-refractivity contribution >= 4 is 24.3 Å². The van der Waals surface area contributed by atoms with Crippen LogP contribution < -0.4 is 15.2 Å². The summed E-state index contributed by atoms with van der Waals surface area (Å²) in [5.74, 6) is -2.75. The zero-order chi connectivity index (χ0) is 27.8. The fraction of sp³-hybridized carbons (Fsp3) is 0.500. The molecule has 0 aliphatic heterocycles. The van der Waals surface area contributed by atoms with Gasteiger partial charge in [0.05, 0.1) is 18.3 Å². The quantitative estimate of drug-likeness (QED) is 0.309. The van der Waals surface area contributed by atoms with Crippen LogP contribution in [0.1, 0.15) is 50.6 Å². The number of nitrogens with zero attached hydrogens (tertiary/aromatic N) is 1. The normalized spacial score (nSPS) is 25.2. The second-order valence-electron chi connectivity index (χ2n) is 10.1. The molecule has 0 spiro atoms. The van der Waals surface area contributed by atoms with Gasteiger partial charge in [0.1, 0.15) is 22.8 Å². The molecule has 214 valence electrons. The number of rotatable bonds is 11. The lowest BCUT2D eigenvalue weighted by atomic mass is 9.63. The first-order chi connectivity index (χ1) is 17.9. The molecular weight excluding hydrogens is 545 g/mol. The molecule has 1 aromatic carbocycles. The predicted octanol–water partition coefficient (Wildman–Crippen LogP) is 5.18. The van der Waals surface area contributed by atoms with E-state index in [0.29, 0.717) is 18.1 Å². The van der Waals surface area contributed by atoms with Crippen molar-refractivity contribution in [2.75, 3.05) is 6.61 Å². The van der Waals surface area contributed by atoms with E-state index in [2.05, 4.69) is 9.72 Å². The third-order valence-electron chi connectivity index (χ3n) is 7.03. The van der Waals surface area contributed by atoms with Gasteiger partial charge >= 0.3 is 18.6 Å². The van der Waals surface area contributed by atoms with Gasteiger partial charge in [0.25, 0.3) is 0 Å². The van der Waals surface area contributed by atoms with Gasteiger partial charge in [-0.3, -0.25) is 9.59 Å². The average molecular weight is 575 g/mol. The van der Waals surface area contributed by atoms with E-state index in [9.17, 15) is 28.6 Å². The highest BCUT2D eigenvalue weighted by molar-refractivity contribution is 5.85. The number of oxazole rings is 1. The summed E-state index contributed by atoms with van der Waals surface area (Å²) in [6, 6.07) is 3.32. The van der Waals surface area contributed by atoms with Gasteiger partial charge in [-0.2, -0.15) is 8.78 Å². The number of nitrogens with two attached hydrogens (primary N) is 1. The summed E-state index contributed by atoms with van der Waals surface area (Å²) in [4.78, 5) is 28.6. The summed E-state index contributed by atoms with van der Waals surface area (Å²) in [5, 5.41) is 19.7. The second kappa shape index (κ2) is 11.5. The highest BCUT2D eigenvalue weighted by Crippen LogP contribution is 2.48. The number of carboxylic acids is 2. The lowest BCUT2D eigenvalue weighted by Crippen LogP contribution is -2.53. The van der Waals surface area contributed by atoms with E-state index in [-0.39, 0.29) is 47.7 Å². The van der Waals surface area contributed by atoms with Crippen LogP contribution in [-0.4, -0.2) is 46.5 Å². The Labute approximate surface area is 228 Å². The molecule has 4 N–H and O–H groups in total. The molecule has 1 fully saturated rings. The van der Waals surface area contributed by atoms with Crippen LogP contribution in [0.5, 0.6) is 11.5 Å². The van der Waals surface area contributed by atoms with Crippen LogP contribution in [0.4, 0.5) is 13.2 Å². The van der Waals surface area contributed by atoms with E-state index in [4.69, 9.17) is 14.9 Å². The van der Waals surface area contributed by atoms with E-state index in [1.165, 1.54) is 24.3 Å². The van der Waals surface area contributed by atoms with E-state index in [0.717, 1.165) is 25.8 Å². The summed E-state index contributed by atoms with van der Waals surface area (Å²) in [5.41, 5.74) is 2.18. The molecule has 0 amide bonds. The van der Waals surface area contributed by atoms with Crippen LogP contribution in [0.2, 0.25) is 0 Å². The van der Waals surface area contributed by atoms with Gasteiger partial charge in [0, 0.05) is 12.0 Å². The van der Waals surface area contributed by atoms with Gasteiger partial charge in [-0.15, -0.1) is 12.4 Å². The monoisotopic (exact) mass is 574 g/mol. The van der Waals surface area contributed by atoms with Crippen molar-refractivity contribution in [2.45, 2.75) is 58.4 Å². The number of hydrogen-bond donors (Lipinski definition) is 3. The Kier molecular flexibility index (Phi) is 8.91. The molecule has 4 atom stereocenters. The van der Waals surface area contributed by atoms with Crippen LogP contribution in [0, 0.1) is 16.7 Å². The van der Waals surface area contributed by atoms with E-state index < -0.39 is 48.0 Å². The van der Waals surface area contributed by atoms with E-state index >= 15 is 4.39 Å². The van der Waals surface area contributed by atoms with Gasteiger partial charge in [-0.05, 0) is 57.2 Å². The molecule has 39 heavy (non-hydrogen) atoms. The second-order valence-corrected chi connectivity index (χ2v) is 10.1. The van der Waals surface area contributed by atoms with Crippen LogP contribution in [0.25, 0.3) is 11.5 Å². The van der Waals surface area contributed by atoms with E-state index in [1.807, 2.05) is 0 Å². The zero-order valence-corrected chi connectivity index (χ0v) is 22.1. The van der Waals surface area contributed by atoms with Gasteiger partial charge in [-0.1, -0.05) is 12.2 Å². The summed E-state index contributed by atoms with van der Waals surface area (Å²) in [6.45, 7) is -0.0222. The van der Waals surface area contributed by atoms with Crippen molar-refractivity contribution < 1.29 is 46.9 Å². The number of hydrogen-bond acceptors (Lipinski definition) is 7. The Morgan fingerprint density at radius 1 is 1.23 bits per heavy atom. The maximum absolute atomic E-state index is 15.8. The van der Waals surface area contributed by atoms with E-state index in [1.54, 1.807) is 6.92 Å².